The monoisotopic (exact) mass is 916 g/mol. The van der Waals surface area contributed by atoms with Gasteiger partial charge in [0.15, 0.2) is 5.75 Å². The van der Waals surface area contributed by atoms with E-state index in [1.165, 1.54) is 0 Å². The molecule has 0 spiro atoms. The summed E-state index contributed by atoms with van der Waals surface area (Å²) in [7, 11) is -9.73. The van der Waals surface area contributed by atoms with Crippen molar-refractivity contribution in [3.8, 4) is 5.75 Å². The fourth-order valence-electron chi connectivity index (χ4n) is 5.34. The van der Waals surface area contributed by atoms with Gasteiger partial charge in [-0.25, -0.2) is 0 Å². The fourth-order valence-corrected chi connectivity index (χ4v) is 7.60. The lowest BCUT2D eigenvalue weighted by Crippen LogP contribution is -2.19. The Morgan fingerprint density at radius 3 is 2.07 bits per heavy atom. The lowest BCUT2D eigenvalue weighted by molar-refractivity contribution is -0.115. The molecule has 0 saturated carbocycles. The van der Waals surface area contributed by atoms with Crippen LogP contribution in [0.2, 0.25) is 11.1 Å². The van der Waals surface area contributed by atoms with Gasteiger partial charge >= 0.3 is 0 Å². The summed E-state index contributed by atoms with van der Waals surface area (Å²) >= 11 is 9.27. The minimum absolute atomic E-state index is 0.0558. The molecule has 0 fully saturated rings. The zero-order chi connectivity index (χ0) is 41.4. The van der Waals surface area contributed by atoms with Gasteiger partial charge in [0.25, 0.3) is 30.4 Å². The number of phenolic OH excluding ortho intramolecular Hbond substituents is 1. The maximum atomic E-state index is 12.6. The van der Waals surface area contributed by atoms with E-state index in [0.717, 1.165) is 41.1 Å². The van der Waals surface area contributed by atoms with Gasteiger partial charge in [-0.05, 0) is 64.8 Å². The van der Waals surface area contributed by atoms with E-state index in [4.69, 9.17) is 19.4 Å². The summed E-state index contributed by atoms with van der Waals surface area (Å²) in [6, 6.07) is 17.9. The molecule has 57 heavy (non-hydrogen) atoms. The molecule has 6 aromatic rings. The highest BCUT2D eigenvalue weighted by Gasteiger charge is 2.27. The maximum absolute atomic E-state index is 12.6. The zero-order valence-electron chi connectivity index (χ0n) is 28.2. The van der Waals surface area contributed by atoms with Crippen molar-refractivity contribution >= 4 is 134 Å². The van der Waals surface area contributed by atoms with E-state index in [1.807, 2.05) is 30.3 Å². The van der Waals surface area contributed by atoms with Gasteiger partial charge < -0.3 is 21.1 Å². The molecule has 6 rings (SSSR count). The number of nitrogens with zero attached hydrogens (tertiary/aromatic N) is 5. The molecule has 25 heteroatoms. The highest BCUT2D eigenvalue weighted by atomic mass is 79.9. The summed E-state index contributed by atoms with van der Waals surface area (Å²) in [5.74, 6) is -3.30. The maximum Gasteiger partial charge on any atom is 0.296 e. The Morgan fingerprint density at radius 2 is 1.42 bits per heavy atom. The molecule has 0 saturated heterocycles. The molecule has 1 heterocycles. The van der Waals surface area contributed by atoms with Crippen LogP contribution in [-0.2, 0) is 35.1 Å². The van der Waals surface area contributed by atoms with Crippen LogP contribution in [-0.4, -0.2) is 78.1 Å². The summed E-state index contributed by atoms with van der Waals surface area (Å²) in [5.41, 5.74) is -1.63. The Hall–Kier alpha value is -5.34. The summed E-state index contributed by atoms with van der Waals surface area (Å²) < 4.78 is 104. The third kappa shape index (κ3) is 9.29. The van der Waals surface area contributed by atoms with Crippen LogP contribution in [0.25, 0.3) is 21.5 Å². The van der Waals surface area contributed by atoms with Crippen molar-refractivity contribution in [3.05, 3.63) is 84.1 Å². The summed E-state index contributed by atoms with van der Waals surface area (Å²) in [4.78, 5) is 21.8. The number of alkyl halides is 1. The van der Waals surface area contributed by atoms with Crippen LogP contribution in [0.4, 0.5) is 40.3 Å². The number of anilines is 5. The lowest BCUT2D eigenvalue weighted by atomic mass is 9.89. The topological polar surface area (TPSA) is 300 Å². The predicted octanol–water partition coefficient (Wildman–Crippen LogP) is 6.47. The van der Waals surface area contributed by atoms with Gasteiger partial charge in [0.05, 0.1) is 18.4 Å². The van der Waals surface area contributed by atoms with Gasteiger partial charge in [-0.3, -0.25) is 18.5 Å². The van der Waals surface area contributed by atoms with Crippen LogP contribution in [0.5, 0.6) is 5.75 Å². The first-order chi connectivity index (χ1) is 26.7. The van der Waals surface area contributed by atoms with Crippen LogP contribution in [0.3, 0.4) is 0 Å². The lowest BCUT2D eigenvalue weighted by Gasteiger charge is -2.15. The number of halogens is 2. The second kappa shape index (κ2) is 15.9. The van der Waals surface area contributed by atoms with E-state index in [-0.39, 0.29) is 28.2 Å². The van der Waals surface area contributed by atoms with Gasteiger partial charge in [0.1, 0.15) is 21.2 Å². The van der Waals surface area contributed by atoms with Crippen molar-refractivity contribution in [1.29, 1.82) is 0 Å². The number of hydrogen-bond donors (Lipinski definition) is 7. The minimum Gasteiger partial charge on any atom is -0.505 e. The number of rotatable bonds is 12. The molecule has 1 unspecified atom stereocenters. The number of azo groups is 1. The molecule has 5 aromatic carbocycles. The number of hydrogen-bond acceptors (Lipinski definition) is 15. The number of aromatic hydroxyl groups is 1. The molecule has 19 nitrogen and oxygen atoms in total. The number of aromatic nitrogens is 3. The Kier molecular flexibility index (Phi) is 11.5. The largest absolute Gasteiger partial charge is 0.505 e. The van der Waals surface area contributed by atoms with E-state index < -0.39 is 90.3 Å². The molecular formula is C32H23BBrClN8O11S3. The number of carbonyl (C=O) groups excluding carboxylic acids is 1. The Labute approximate surface area is 337 Å². The van der Waals surface area contributed by atoms with Crippen molar-refractivity contribution in [2.45, 2.75) is 20.5 Å². The van der Waals surface area contributed by atoms with Crippen molar-refractivity contribution in [1.82, 2.24) is 15.0 Å². The van der Waals surface area contributed by atoms with Crippen LogP contribution in [0.1, 0.15) is 0 Å². The van der Waals surface area contributed by atoms with Crippen molar-refractivity contribution in [2.24, 2.45) is 10.2 Å². The molecule has 7 N–H and O–H groups in total. The van der Waals surface area contributed by atoms with Gasteiger partial charge in [0.2, 0.25) is 23.1 Å². The van der Waals surface area contributed by atoms with Gasteiger partial charge in [-0.1, -0.05) is 52.3 Å². The standard InChI is InChI=1S/C32H23BBrClN8O11S3/c33-20(14-34)29(45)36-17-8-9-24(56(49,50)51)22(12-17)42-43-27-25(57(52,53)54)11-16-10-18(55(46,47)48)13-23(26(16)28(27)44)38-32-40-30(35)39-31(41-32)37-21-7-3-5-15-4-1-2-6-19(15)21/h1-13,20,44H,14H2,(H,36,45)(H,46,47,48)(H,49,50,51)(H,52,53,54)(H2,37,38,39,40,41). The van der Waals surface area contributed by atoms with Crippen molar-refractivity contribution in [3.63, 3.8) is 0 Å². The first-order valence-electron chi connectivity index (χ1n) is 15.6. The zero-order valence-corrected chi connectivity index (χ0v) is 33.0. The van der Waals surface area contributed by atoms with E-state index in [0.29, 0.717) is 11.8 Å². The number of amides is 1. The predicted molar refractivity (Wildman–Crippen MR) is 213 cm³/mol. The van der Waals surface area contributed by atoms with Crippen LogP contribution in [0, 0.1) is 0 Å². The number of phenols is 1. The third-order valence-electron chi connectivity index (χ3n) is 7.86. The first-order valence-corrected chi connectivity index (χ1v) is 21.4. The number of carbonyl (C=O) groups is 1. The molecule has 0 aliphatic rings. The van der Waals surface area contributed by atoms with E-state index >= 15 is 0 Å². The number of fused-ring (bicyclic) bond motifs is 2. The number of nitrogens with one attached hydrogen (secondary N) is 3. The van der Waals surface area contributed by atoms with Gasteiger partial charge in [-0.2, -0.15) is 40.2 Å². The fraction of sp³-hybridized carbons (Fsp3) is 0.0625. The summed E-state index contributed by atoms with van der Waals surface area (Å²) in [5, 5.41) is 27.6. The minimum atomic E-state index is -5.35. The molecule has 1 aromatic heterocycles. The Morgan fingerprint density at radius 1 is 0.772 bits per heavy atom. The SMILES string of the molecule is [B]C(CBr)C(=O)Nc1ccc(S(=O)(=O)O)c(N=Nc2c(S(=O)(=O)O)cc3cc(S(=O)(=O)O)cc(Nc4nc(Cl)nc(Nc5cccc6ccccc56)n4)c3c2O)c1. The van der Waals surface area contributed by atoms with Crippen molar-refractivity contribution in [2.75, 3.05) is 21.3 Å². The average Bonchev–Trinajstić information content (AvgIpc) is 3.12. The second-order valence-corrected chi connectivity index (χ2v) is 16.9. The number of benzene rings is 5. The molecule has 1 amide bonds. The van der Waals surface area contributed by atoms with Crippen LogP contribution < -0.4 is 16.0 Å². The molecule has 2 radical (unpaired) electrons. The molecule has 0 aliphatic heterocycles. The van der Waals surface area contributed by atoms with E-state index in [9.17, 15) is 48.8 Å². The highest BCUT2D eigenvalue weighted by molar-refractivity contribution is 9.09. The normalized spacial score (nSPS) is 12.9. The summed E-state index contributed by atoms with van der Waals surface area (Å²) in [6.45, 7) is 0. The van der Waals surface area contributed by atoms with E-state index in [2.05, 4.69) is 57.1 Å². The quantitative estimate of drug-likeness (QED) is 0.0299. The first kappa shape index (κ1) is 41.3. The molecular weight excluding hydrogens is 895 g/mol. The molecule has 0 bridgehead atoms. The average molecular weight is 918 g/mol. The van der Waals surface area contributed by atoms with Crippen molar-refractivity contribution < 1.29 is 48.8 Å². The molecule has 1 atom stereocenters. The van der Waals surface area contributed by atoms with E-state index in [1.54, 1.807) is 12.1 Å². The van der Waals surface area contributed by atoms with Crippen LogP contribution in [0.15, 0.2) is 104 Å². The van der Waals surface area contributed by atoms with Gasteiger partial charge in [-0.15, -0.1) is 10.2 Å². The van der Waals surface area contributed by atoms with Gasteiger partial charge in [0, 0.05) is 33.3 Å². The Balaban J connectivity index is 1.51. The molecule has 292 valence electrons. The summed E-state index contributed by atoms with van der Waals surface area (Å²) in [6.07, 6.45) is 0. The highest BCUT2D eigenvalue weighted by Crippen LogP contribution is 2.46. The second-order valence-electron chi connectivity index (χ2n) is 11.7. The third-order valence-corrected chi connectivity index (χ3v) is 11.3. The molecule has 0 aliphatic carbocycles. The Bertz CT molecular complexity index is 3000. The smallest absolute Gasteiger partial charge is 0.296 e. The van der Waals surface area contributed by atoms with Crippen LogP contribution >= 0.6 is 27.5 Å².